The first-order valence-electron chi connectivity index (χ1n) is 5.99. The Morgan fingerprint density at radius 2 is 2.30 bits per heavy atom. The van der Waals surface area contributed by atoms with Crippen molar-refractivity contribution < 1.29 is 19.5 Å². The fourth-order valence-electron chi connectivity index (χ4n) is 1.47. The molecule has 0 fully saturated rings. The molecule has 1 aromatic carbocycles. The molecule has 8 heteroatoms. The van der Waals surface area contributed by atoms with E-state index in [0.717, 1.165) is 0 Å². The van der Waals surface area contributed by atoms with Crippen LogP contribution in [-0.2, 0) is 4.74 Å². The third-order valence-corrected chi connectivity index (χ3v) is 2.72. The zero-order valence-electron chi connectivity index (χ0n) is 11.0. The van der Waals surface area contributed by atoms with Gasteiger partial charge in [-0.15, -0.1) is 0 Å². The number of hydrogen-bond donors (Lipinski definition) is 2. The van der Waals surface area contributed by atoms with Crippen LogP contribution >= 0.6 is 11.6 Å². The number of nitrogens with one attached hydrogen (secondary N) is 1. The van der Waals surface area contributed by atoms with E-state index in [0.29, 0.717) is 19.7 Å². The zero-order valence-corrected chi connectivity index (χ0v) is 11.8. The maximum absolute atomic E-state index is 10.8. The topological polar surface area (TPSA) is 93.9 Å². The molecule has 1 unspecified atom stereocenters. The predicted molar refractivity (Wildman–Crippen MR) is 74.4 cm³/mol. The van der Waals surface area contributed by atoms with Crippen LogP contribution in [0.5, 0.6) is 5.75 Å². The number of rotatable bonds is 9. The summed E-state index contributed by atoms with van der Waals surface area (Å²) in [4.78, 5) is 10.3. The van der Waals surface area contributed by atoms with Gasteiger partial charge in [-0.3, -0.25) is 10.1 Å². The van der Waals surface area contributed by atoms with Crippen LogP contribution in [0, 0.1) is 10.1 Å². The molecule has 0 saturated heterocycles. The highest BCUT2D eigenvalue weighted by Gasteiger charge is 2.19. The van der Waals surface area contributed by atoms with E-state index in [1.54, 1.807) is 7.11 Å². The fraction of sp³-hybridized carbons (Fsp3) is 0.500. The lowest BCUT2D eigenvalue weighted by Crippen LogP contribution is -2.33. The van der Waals surface area contributed by atoms with Gasteiger partial charge >= 0.3 is 5.69 Å². The Labute approximate surface area is 121 Å². The number of ether oxygens (including phenoxy) is 2. The number of benzene rings is 1. The molecule has 0 aliphatic rings. The lowest BCUT2D eigenvalue weighted by molar-refractivity contribution is -0.385. The summed E-state index contributed by atoms with van der Waals surface area (Å²) in [6.45, 7) is 1.33. The normalized spacial score (nSPS) is 12.2. The van der Waals surface area contributed by atoms with Gasteiger partial charge in [-0.1, -0.05) is 17.7 Å². The molecule has 0 radical (unpaired) electrons. The molecule has 0 aliphatic carbocycles. The predicted octanol–water partition coefficient (Wildman–Crippen LogP) is 1.22. The fourth-order valence-corrected chi connectivity index (χ4v) is 1.69. The second-order valence-corrected chi connectivity index (χ2v) is 4.41. The van der Waals surface area contributed by atoms with Crippen molar-refractivity contribution in [2.75, 3.05) is 33.4 Å². The number of aliphatic hydroxyl groups excluding tert-OH is 1. The van der Waals surface area contributed by atoms with Crippen LogP contribution in [0.25, 0.3) is 0 Å². The lowest BCUT2D eigenvalue weighted by atomic mass is 10.3. The van der Waals surface area contributed by atoms with Crippen molar-refractivity contribution in [2.24, 2.45) is 0 Å². The van der Waals surface area contributed by atoms with E-state index in [4.69, 9.17) is 21.1 Å². The average molecular weight is 305 g/mol. The molecular formula is C12H17ClN2O5. The van der Waals surface area contributed by atoms with Gasteiger partial charge in [0.05, 0.1) is 16.6 Å². The molecule has 20 heavy (non-hydrogen) atoms. The number of hydrogen-bond acceptors (Lipinski definition) is 6. The Kier molecular flexibility index (Phi) is 7.24. The molecule has 0 aromatic heterocycles. The van der Waals surface area contributed by atoms with Crippen molar-refractivity contribution in [3.63, 3.8) is 0 Å². The van der Waals surface area contributed by atoms with Crippen molar-refractivity contribution in [2.45, 2.75) is 6.10 Å². The van der Waals surface area contributed by atoms with E-state index in [1.807, 2.05) is 0 Å². The summed E-state index contributed by atoms with van der Waals surface area (Å²) in [6, 6.07) is 4.26. The van der Waals surface area contributed by atoms with Crippen LogP contribution in [-0.4, -0.2) is 49.5 Å². The van der Waals surface area contributed by atoms with Gasteiger partial charge in [0.1, 0.15) is 12.7 Å². The van der Waals surface area contributed by atoms with Crippen LogP contribution in [0.2, 0.25) is 5.02 Å². The van der Waals surface area contributed by atoms with Crippen molar-refractivity contribution in [3.05, 3.63) is 33.3 Å². The molecule has 0 amide bonds. The molecule has 0 saturated carbocycles. The second-order valence-electron chi connectivity index (χ2n) is 4.01. The van der Waals surface area contributed by atoms with E-state index in [-0.39, 0.29) is 23.1 Å². The van der Waals surface area contributed by atoms with Crippen molar-refractivity contribution in [1.29, 1.82) is 0 Å². The number of nitrogens with zero attached hydrogens (tertiary/aromatic N) is 1. The van der Waals surface area contributed by atoms with Crippen LogP contribution in [0.1, 0.15) is 0 Å². The van der Waals surface area contributed by atoms with Crippen LogP contribution in [0.15, 0.2) is 18.2 Å². The highest BCUT2D eigenvalue weighted by Crippen LogP contribution is 2.34. The van der Waals surface area contributed by atoms with E-state index < -0.39 is 11.0 Å². The minimum Gasteiger partial charge on any atom is -0.483 e. The minimum absolute atomic E-state index is 0.0323. The highest BCUT2D eigenvalue weighted by molar-refractivity contribution is 6.32. The maximum atomic E-state index is 10.8. The summed E-state index contributed by atoms with van der Waals surface area (Å²) in [5.74, 6) is -0.0323. The number of para-hydroxylation sites is 1. The molecular weight excluding hydrogens is 288 g/mol. The average Bonchev–Trinajstić information content (AvgIpc) is 2.42. The van der Waals surface area contributed by atoms with Crippen molar-refractivity contribution in [3.8, 4) is 5.75 Å². The third-order valence-electron chi connectivity index (χ3n) is 2.43. The number of nitro groups is 1. The van der Waals surface area contributed by atoms with Gasteiger partial charge in [0, 0.05) is 26.3 Å². The molecule has 0 bridgehead atoms. The number of halogens is 1. The molecule has 0 heterocycles. The lowest BCUT2D eigenvalue weighted by Gasteiger charge is -2.13. The van der Waals surface area contributed by atoms with Gasteiger partial charge < -0.3 is 19.9 Å². The number of nitro benzene ring substituents is 1. The first kappa shape index (κ1) is 16.6. The SMILES string of the molecule is COCCNCC(O)COc1c(Cl)cccc1[N+](=O)[O-]. The van der Waals surface area contributed by atoms with Gasteiger partial charge in [-0.2, -0.15) is 0 Å². The summed E-state index contributed by atoms with van der Waals surface area (Å²) in [5.41, 5.74) is -0.225. The van der Waals surface area contributed by atoms with Gasteiger partial charge in [-0.05, 0) is 6.07 Å². The Morgan fingerprint density at radius 3 is 2.95 bits per heavy atom. The largest absolute Gasteiger partial charge is 0.483 e. The summed E-state index contributed by atoms with van der Waals surface area (Å²) >= 11 is 5.86. The summed E-state index contributed by atoms with van der Waals surface area (Å²) in [7, 11) is 1.58. The van der Waals surface area contributed by atoms with Gasteiger partial charge in [0.2, 0.25) is 5.75 Å². The maximum Gasteiger partial charge on any atom is 0.312 e. The summed E-state index contributed by atoms with van der Waals surface area (Å²) in [6.07, 6.45) is -0.803. The van der Waals surface area contributed by atoms with E-state index in [9.17, 15) is 15.2 Å². The first-order chi connectivity index (χ1) is 9.56. The van der Waals surface area contributed by atoms with Crippen LogP contribution < -0.4 is 10.1 Å². The molecule has 112 valence electrons. The van der Waals surface area contributed by atoms with Gasteiger partial charge in [-0.25, -0.2) is 0 Å². The molecule has 2 N–H and O–H groups in total. The molecule has 7 nitrogen and oxygen atoms in total. The second kappa shape index (κ2) is 8.70. The zero-order chi connectivity index (χ0) is 15.0. The Bertz CT molecular complexity index is 444. The number of aliphatic hydroxyl groups is 1. The molecule has 0 aliphatic heterocycles. The first-order valence-corrected chi connectivity index (χ1v) is 6.37. The molecule has 0 spiro atoms. The minimum atomic E-state index is -0.803. The highest BCUT2D eigenvalue weighted by atomic mass is 35.5. The van der Waals surface area contributed by atoms with Gasteiger partial charge in [0.15, 0.2) is 0 Å². The molecule has 1 aromatic rings. The van der Waals surface area contributed by atoms with Gasteiger partial charge in [0.25, 0.3) is 0 Å². The number of methoxy groups -OCH3 is 1. The van der Waals surface area contributed by atoms with Crippen LogP contribution in [0.4, 0.5) is 5.69 Å². The Balaban J connectivity index is 2.50. The Hall–Kier alpha value is -1.41. The third kappa shape index (κ3) is 5.30. The van der Waals surface area contributed by atoms with Crippen molar-refractivity contribution in [1.82, 2.24) is 5.32 Å². The standard InChI is InChI=1S/C12H17ClN2O5/c1-19-6-5-14-7-9(16)8-20-12-10(13)3-2-4-11(12)15(17)18/h2-4,9,14,16H,5-8H2,1H3. The van der Waals surface area contributed by atoms with E-state index in [2.05, 4.69) is 5.32 Å². The van der Waals surface area contributed by atoms with E-state index >= 15 is 0 Å². The smallest absolute Gasteiger partial charge is 0.312 e. The monoisotopic (exact) mass is 304 g/mol. The Morgan fingerprint density at radius 1 is 1.55 bits per heavy atom. The van der Waals surface area contributed by atoms with Crippen molar-refractivity contribution >= 4 is 17.3 Å². The quantitative estimate of drug-likeness (QED) is 0.405. The van der Waals surface area contributed by atoms with E-state index in [1.165, 1.54) is 18.2 Å². The molecule has 1 atom stereocenters. The summed E-state index contributed by atoms with van der Waals surface area (Å²) < 4.78 is 10.1. The van der Waals surface area contributed by atoms with Crippen LogP contribution in [0.3, 0.4) is 0 Å². The summed E-state index contributed by atoms with van der Waals surface area (Å²) in [5, 5.41) is 23.6. The molecule has 1 rings (SSSR count).